The number of rotatable bonds is 6. The Morgan fingerprint density at radius 2 is 2.00 bits per heavy atom. The van der Waals surface area contributed by atoms with E-state index in [0.717, 1.165) is 12.8 Å². The van der Waals surface area contributed by atoms with Crippen LogP contribution in [0.15, 0.2) is 0 Å². The maximum atomic E-state index is 12.2. The Morgan fingerprint density at radius 3 is 2.39 bits per heavy atom. The Kier molecular flexibility index (Phi) is 3.22. The zero-order valence-electron chi connectivity index (χ0n) is 11.0. The van der Waals surface area contributed by atoms with Gasteiger partial charge in [0.25, 0.3) is 5.91 Å². The van der Waals surface area contributed by atoms with Gasteiger partial charge in [0.05, 0.1) is 10.3 Å². The van der Waals surface area contributed by atoms with Crippen molar-refractivity contribution < 1.29 is 13.2 Å². The number of hydrogen-bond donors (Lipinski definition) is 2. The van der Waals surface area contributed by atoms with Gasteiger partial charge in [-0.1, -0.05) is 26.7 Å². The van der Waals surface area contributed by atoms with Gasteiger partial charge in [0.2, 0.25) is 10.0 Å². The largest absolute Gasteiger partial charge is 0.317 e. The maximum absolute atomic E-state index is 12.2. The monoisotopic (exact) mass is 274 g/mol. The molecule has 2 aliphatic rings. The van der Waals surface area contributed by atoms with Crippen LogP contribution in [0.4, 0.5) is 0 Å². The molecule has 6 heteroatoms. The lowest BCUT2D eigenvalue weighted by Gasteiger charge is -2.18. The van der Waals surface area contributed by atoms with E-state index in [1.807, 2.05) is 13.8 Å². The van der Waals surface area contributed by atoms with Crippen molar-refractivity contribution >= 4 is 15.9 Å². The Hall–Kier alpha value is -0.620. The van der Waals surface area contributed by atoms with Gasteiger partial charge < -0.3 is 5.73 Å². The Morgan fingerprint density at radius 1 is 1.39 bits per heavy atom. The van der Waals surface area contributed by atoms with Crippen molar-refractivity contribution in [3.05, 3.63) is 0 Å². The van der Waals surface area contributed by atoms with Crippen LogP contribution < -0.4 is 10.5 Å². The first-order valence-corrected chi connectivity index (χ1v) is 8.15. The van der Waals surface area contributed by atoms with E-state index in [4.69, 9.17) is 5.73 Å². The van der Waals surface area contributed by atoms with Gasteiger partial charge >= 0.3 is 0 Å². The first-order valence-electron chi connectivity index (χ1n) is 6.67. The summed E-state index contributed by atoms with van der Waals surface area (Å²) in [6.07, 6.45) is 4.12. The molecule has 0 radical (unpaired) electrons. The maximum Gasteiger partial charge on any atom is 0.253 e. The summed E-state index contributed by atoms with van der Waals surface area (Å²) in [7, 11) is -3.56. The molecule has 1 unspecified atom stereocenters. The first-order chi connectivity index (χ1) is 8.31. The smallest absolute Gasteiger partial charge is 0.253 e. The zero-order chi connectivity index (χ0) is 13.6. The third-order valence-electron chi connectivity index (χ3n) is 4.38. The zero-order valence-corrected chi connectivity index (χ0v) is 11.8. The summed E-state index contributed by atoms with van der Waals surface area (Å²) < 4.78 is 25.9. The van der Waals surface area contributed by atoms with Crippen LogP contribution in [0.1, 0.15) is 52.4 Å². The van der Waals surface area contributed by atoms with Crippen LogP contribution >= 0.6 is 0 Å². The quantitative estimate of drug-likeness (QED) is 0.753. The van der Waals surface area contributed by atoms with Gasteiger partial charge in [-0.25, -0.2) is 8.42 Å². The molecule has 18 heavy (non-hydrogen) atoms. The van der Waals surface area contributed by atoms with Crippen molar-refractivity contribution in [2.24, 2.45) is 11.7 Å². The predicted octanol–water partition coefficient (Wildman–Crippen LogP) is 0.892. The summed E-state index contributed by atoms with van der Waals surface area (Å²) in [6, 6.07) is 0. The van der Waals surface area contributed by atoms with Crippen LogP contribution in [0, 0.1) is 5.92 Å². The summed E-state index contributed by atoms with van der Waals surface area (Å²) >= 11 is 0. The number of carbonyl (C=O) groups excluding carboxylic acids is 1. The molecule has 0 spiro atoms. The van der Waals surface area contributed by atoms with Crippen molar-refractivity contribution in [1.29, 1.82) is 0 Å². The number of nitrogens with one attached hydrogen (secondary N) is 1. The van der Waals surface area contributed by atoms with E-state index < -0.39 is 26.2 Å². The van der Waals surface area contributed by atoms with E-state index in [2.05, 4.69) is 4.72 Å². The second-order valence-corrected chi connectivity index (χ2v) is 7.79. The third kappa shape index (κ3) is 2.05. The molecule has 1 amide bonds. The van der Waals surface area contributed by atoms with Gasteiger partial charge in [-0.15, -0.1) is 0 Å². The highest BCUT2D eigenvalue weighted by Crippen LogP contribution is 2.48. The van der Waals surface area contributed by atoms with E-state index >= 15 is 0 Å². The second-order valence-electron chi connectivity index (χ2n) is 5.72. The Bertz CT molecular complexity index is 456. The van der Waals surface area contributed by atoms with Gasteiger partial charge in [-0.3, -0.25) is 9.52 Å². The molecule has 0 aromatic rings. The van der Waals surface area contributed by atoms with Gasteiger partial charge in [0.1, 0.15) is 0 Å². The van der Waals surface area contributed by atoms with Crippen molar-refractivity contribution in [2.75, 3.05) is 0 Å². The number of nitrogens with two attached hydrogens (primary N) is 1. The van der Waals surface area contributed by atoms with Crippen LogP contribution in [-0.2, 0) is 14.8 Å². The molecule has 0 saturated heterocycles. The normalized spacial score (nSPS) is 32.9. The fourth-order valence-electron chi connectivity index (χ4n) is 2.71. The molecule has 0 bridgehead atoms. The van der Waals surface area contributed by atoms with Gasteiger partial charge in [0.15, 0.2) is 0 Å². The summed E-state index contributed by atoms with van der Waals surface area (Å²) in [5.41, 5.74) is 4.96. The second kappa shape index (κ2) is 4.20. The minimum Gasteiger partial charge on any atom is -0.317 e. The molecular formula is C12H22N2O3S. The molecule has 0 aliphatic heterocycles. The molecule has 2 fully saturated rings. The molecule has 2 aliphatic carbocycles. The lowest BCUT2D eigenvalue weighted by atomic mass is 10.2. The SMILES string of the molecule is CCCC1(S(=O)(=O)NC(=O)[C@@]2(N)CC2CC)CC1. The lowest BCUT2D eigenvalue weighted by molar-refractivity contribution is -0.121. The lowest BCUT2D eigenvalue weighted by Crippen LogP contribution is -2.50. The molecule has 0 aromatic heterocycles. The van der Waals surface area contributed by atoms with Crippen molar-refractivity contribution in [3.8, 4) is 0 Å². The van der Waals surface area contributed by atoms with Crippen LogP contribution in [0.5, 0.6) is 0 Å². The minimum absolute atomic E-state index is 0.119. The topological polar surface area (TPSA) is 89.3 Å². The Balaban J connectivity index is 2.04. The van der Waals surface area contributed by atoms with Crippen LogP contribution in [0.3, 0.4) is 0 Å². The van der Waals surface area contributed by atoms with E-state index in [-0.39, 0.29) is 5.92 Å². The standard InChI is InChI=1S/C12H22N2O3S/c1-3-5-11(6-7-11)18(16,17)14-10(15)12(13)8-9(12)4-2/h9H,3-8,13H2,1-2H3,(H,14,15)/t9?,12-/m1/s1. The molecule has 5 nitrogen and oxygen atoms in total. The van der Waals surface area contributed by atoms with Crippen molar-refractivity contribution in [3.63, 3.8) is 0 Å². The van der Waals surface area contributed by atoms with E-state index in [0.29, 0.717) is 25.7 Å². The fraction of sp³-hybridized carbons (Fsp3) is 0.917. The first kappa shape index (κ1) is 13.8. The summed E-state index contributed by atoms with van der Waals surface area (Å²) in [5, 5.41) is 0. The molecule has 0 heterocycles. The van der Waals surface area contributed by atoms with Crippen molar-refractivity contribution in [1.82, 2.24) is 4.72 Å². The minimum atomic E-state index is -3.56. The van der Waals surface area contributed by atoms with E-state index in [1.54, 1.807) is 0 Å². The van der Waals surface area contributed by atoms with Crippen molar-refractivity contribution in [2.45, 2.75) is 62.7 Å². The van der Waals surface area contributed by atoms with Crippen LogP contribution in [-0.4, -0.2) is 24.6 Å². The molecule has 3 N–H and O–H groups in total. The molecule has 2 saturated carbocycles. The number of sulfonamides is 1. The van der Waals surface area contributed by atoms with Crippen LogP contribution in [0.25, 0.3) is 0 Å². The summed E-state index contributed by atoms with van der Waals surface area (Å²) in [5.74, 6) is -0.397. The highest BCUT2D eigenvalue weighted by molar-refractivity contribution is 7.91. The van der Waals surface area contributed by atoms with Gasteiger partial charge in [0, 0.05) is 0 Å². The highest BCUT2D eigenvalue weighted by Gasteiger charge is 2.60. The predicted molar refractivity (Wildman–Crippen MR) is 69.3 cm³/mol. The molecule has 104 valence electrons. The fourth-order valence-corrected chi connectivity index (χ4v) is 4.47. The molecule has 2 atom stereocenters. The third-order valence-corrected chi connectivity index (χ3v) is 6.59. The average molecular weight is 274 g/mol. The number of hydrogen-bond acceptors (Lipinski definition) is 4. The molecule has 2 rings (SSSR count). The summed E-state index contributed by atoms with van der Waals surface area (Å²) in [6.45, 7) is 3.91. The Labute approximate surface area is 109 Å². The van der Waals surface area contributed by atoms with E-state index in [1.165, 1.54) is 0 Å². The number of amides is 1. The van der Waals surface area contributed by atoms with Gasteiger partial charge in [-0.2, -0.15) is 0 Å². The average Bonchev–Trinajstić information content (AvgIpc) is 3.15. The molecule has 0 aromatic carbocycles. The molecular weight excluding hydrogens is 252 g/mol. The number of carbonyl (C=O) groups is 1. The van der Waals surface area contributed by atoms with Crippen LogP contribution in [0.2, 0.25) is 0 Å². The van der Waals surface area contributed by atoms with E-state index in [9.17, 15) is 13.2 Å². The highest BCUT2D eigenvalue weighted by atomic mass is 32.2. The van der Waals surface area contributed by atoms with Gasteiger partial charge in [-0.05, 0) is 31.6 Å². The summed E-state index contributed by atoms with van der Waals surface area (Å²) in [4.78, 5) is 12.0.